The molecular weight excluding hydrogens is 382 g/mol. The van der Waals surface area contributed by atoms with Gasteiger partial charge >= 0.3 is 0 Å². The largest absolute Gasteiger partial charge is 0.292 e. The van der Waals surface area contributed by atoms with Gasteiger partial charge in [0.05, 0.1) is 15.8 Å². The van der Waals surface area contributed by atoms with E-state index in [0.29, 0.717) is 35.8 Å². The predicted octanol–water partition coefficient (Wildman–Crippen LogP) is 2.26. The minimum absolute atomic E-state index is 0.132. The number of benzene rings is 1. The molecule has 25 heavy (non-hydrogen) atoms. The molecule has 1 aliphatic rings. The number of nitrogens with one attached hydrogen (secondary N) is 2. The number of nitrogens with zero attached hydrogens (tertiary/aromatic N) is 1. The number of sulfonamides is 1. The Hall–Kier alpha value is -1.48. The zero-order chi connectivity index (χ0) is 18.4. The predicted molar refractivity (Wildman–Crippen MR) is 102 cm³/mol. The van der Waals surface area contributed by atoms with Gasteiger partial charge in [-0.1, -0.05) is 29.9 Å². The summed E-state index contributed by atoms with van der Waals surface area (Å²) in [5.41, 5.74) is 5.19. The number of hydrogen-bond donors (Lipinski definition) is 2. The Labute approximate surface area is 158 Å². The van der Waals surface area contributed by atoms with E-state index < -0.39 is 15.9 Å². The van der Waals surface area contributed by atoms with Crippen LogP contribution in [0.5, 0.6) is 0 Å². The van der Waals surface area contributed by atoms with Crippen molar-refractivity contribution in [3.05, 3.63) is 41.9 Å². The van der Waals surface area contributed by atoms with Crippen LogP contribution in [0.4, 0.5) is 0 Å². The number of carbonyl (C=O) groups is 1. The summed E-state index contributed by atoms with van der Waals surface area (Å²) in [7, 11) is -3.65. The normalized spacial score (nSPS) is 18.4. The van der Waals surface area contributed by atoms with Gasteiger partial charge in [-0.3, -0.25) is 15.6 Å². The molecule has 9 heteroatoms. The molecular formula is C16H20ClN3O3S2. The number of carbonyl (C=O) groups excluding carboxylic acids is 1. The van der Waals surface area contributed by atoms with E-state index in [1.807, 2.05) is 0 Å². The highest BCUT2D eigenvalue weighted by molar-refractivity contribution is 7.89. The molecule has 2 rings (SSSR count). The maximum absolute atomic E-state index is 12.7. The Morgan fingerprint density at radius 1 is 1.36 bits per heavy atom. The van der Waals surface area contributed by atoms with Gasteiger partial charge in [-0.2, -0.15) is 4.31 Å². The molecule has 1 fully saturated rings. The van der Waals surface area contributed by atoms with Crippen molar-refractivity contribution in [2.75, 3.05) is 13.1 Å². The minimum Gasteiger partial charge on any atom is -0.292 e. The van der Waals surface area contributed by atoms with Crippen molar-refractivity contribution in [2.24, 2.45) is 5.92 Å². The molecule has 1 aromatic rings. The first-order valence-electron chi connectivity index (χ1n) is 7.80. The first-order valence-corrected chi connectivity index (χ1v) is 10.0. The molecule has 1 heterocycles. The van der Waals surface area contributed by atoms with E-state index in [1.165, 1.54) is 28.6 Å². The molecule has 2 N–H and O–H groups in total. The zero-order valence-electron chi connectivity index (χ0n) is 13.6. The number of piperidine rings is 1. The number of thiocarbonyl (C=S) groups is 1. The van der Waals surface area contributed by atoms with Crippen molar-refractivity contribution >= 4 is 44.7 Å². The molecule has 0 bridgehead atoms. The van der Waals surface area contributed by atoms with Crippen molar-refractivity contribution < 1.29 is 13.2 Å². The Balaban J connectivity index is 2.02. The van der Waals surface area contributed by atoms with Crippen molar-refractivity contribution in [1.29, 1.82) is 0 Å². The molecule has 0 saturated carbocycles. The first kappa shape index (κ1) is 19.8. The smallest absolute Gasteiger partial charge is 0.243 e. The highest BCUT2D eigenvalue weighted by Crippen LogP contribution is 2.24. The van der Waals surface area contributed by atoms with Crippen LogP contribution in [0.15, 0.2) is 41.8 Å². The number of halogens is 1. The SMILES string of the molecule is C=CCC(=S)NNC(=O)C1CCCN(S(=O)(=O)c2ccc(Cl)cc2)C1. The molecule has 0 radical (unpaired) electrons. The van der Waals surface area contributed by atoms with Crippen molar-refractivity contribution in [1.82, 2.24) is 15.2 Å². The Kier molecular flexibility index (Phi) is 6.95. The van der Waals surface area contributed by atoms with Crippen LogP contribution in [0.1, 0.15) is 19.3 Å². The minimum atomic E-state index is -3.65. The maximum atomic E-state index is 12.7. The summed E-state index contributed by atoms with van der Waals surface area (Å²) in [5, 5.41) is 0.469. The van der Waals surface area contributed by atoms with Crippen LogP contribution in [0.25, 0.3) is 0 Å². The maximum Gasteiger partial charge on any atom is 0.243 e. The van der Waals surface area contributed by atoms with Crippen LogP contribution in [0.3, 0.4) is 0 Å². The van der Waals surface area contributed by atoms with Crippen LogP contribution in [0, 0.1) is 5.92 Å². The zero-order valence-corrected chi connectivity index (χ0v) is 16.0. The van der Waals surface area contributed by atoms with Crippen molar-refractivity contribution in [3.8, 4) is 0 Å². The van der Waals surface area contributed by atoms with Crippen LogP contribution in [0.2, 0.25) is 5.02 Å². The summed E-state index contributed by atoms with van der Waals surface area (Å²) < 4.78 is 26.8. The van der Waals surface area contributed by atoms with Crippen LogP contribution >= 0.6 is 23.8 Å². The average molecular weight is 402 g/mol. The molecule has 1 saturated heterocycles. The second-order valence-electron chi connectivity index (χ2n) is 5.69. The highest BCUT2D eigenvalue weighted by atomic mass is 35.5. The van der Waals surface area contributed by atoms with Gasteiger partial charge in [-0.05, 0) is 37.1 Å². The monoisotopic (exact) mass is 401 g/mol. The molecule has 0 aromatic heterocycles. The van der Waals surface area contributed by atoms with Crippen LogP contribution in [-0.2, 0) is 14.8 Å². The van der Waals surface area contributed by atoms with Crippen molar-refractivity contribution in [2.45, 2.75) is 24.2 Å². The molecule has 0 spiro atoms. The van der Waals surface area contributed by atoms with E-state index in [2.05, 4.69) is 17.4 Å². The third-order valence-corrected chi connectivity index (χ3v) is 6.26. The summed E-state index contributed by atoms with van der Waals surface area (Å²) in [4.78, 5) is 12.9. The third-order valence-electron chi connectivity index (χ3n) is 3.86. The lowest BCUT2D eigenvalue weighted by molar-refractivity contribution is -0.126. The van der Waals surface area contributed by atoms with Crippen LogP contribution in [-0.4, -0.2) is 36.7 Å². The number of hydrogen-bond acceptors (Lipinski definition) is 4. The second-order valence-corrected chi connectivity index (χ2v) is 8.55. The Morgan fingerprint density at radius 2 is 2.04 bits per heavy atom. The fraction of sp³-hybridized carbons (Fsp3) is 0.375. The summed E-state index contributed by atoms with van der Waals surface area (Å²) in [6.45, 7) is 4.08. The van der Waals surface area contributed by atoms with E-state index in [1.54, 1.807) is 6.08 Å². The fourth-order valence-corrected chi connectivity index (χ4v) is 4.36. The molecule has 0 aliphatic carbocycles. The number of rotatable bonds is 5. The van der Waals surface area contributed by atoms with Gasteiger partial charge in [0.15, 0.2) is 0 Å². The fourth-order valence-electron chi connectivity index (χ4n) is 2.55. The summed E-state index contributed by atoms with van der Waals surface area (Å²) in [6.07, 6.45) is 3.32. The summed E-state index contributed by atoms with van der Waals surface area (Å²) in [5.74, 6) is -0.711. The van der Waals surface area contributed by atoms with Gasteiger partial charge in [0, 0.05) is 24.5 Å². The molecule has 1 aromatic carbocycles. The quantitative estimate of drug-likeness (QED) is 0.449. The average Bonchev–Trinajstić information content (AvgIpc) is 2.60. The van der Waals surface area contributed by atoms with Gasteiger partial charge in [-0.25, -0.2) is 8.42 Å². The number of hydrazine groups is 1. The van der Waals surface area contributed by atoms with E-state index in [-0.39, 0.29) is 17.3 Å². The lowest BCUT2D eigenvalue weighted by atomic mass is 9.99. The number of amides is 1. The highest BCUT2D eigenvalue weighted by Gasteiger charge is 2.33. The van der Waals surface area contributed by atoms with Gasteiger partial charge in [0.25, 0.3) is 0 Å². The lowest BCUT2D eigenvalue weighted by Crippen LogP contribution is -2.49. The second kappa shape index (κ2) is 8.75. The van der Waals surface area contributed by atoms with Crippen LogP contribution < -0.4 is 10.9 Å². The molecule has 1 atom stereocenters. The van der Waals surface area contributed by atoms with Gasteiger partial charge in [0.2, 0.25) is 15.9 Å². The van der Waals surface area contributed by atoms with E-state index in [4.69, 9.17) is 23.8 Å². The topological polar surface area (TPSA) is 78.5 Å². The Morgan fingerprint density at radius 3 is 2.68 bits per heavy atom. The van der Waals surface area contributed by atoms with E-state index in [9.17, 15) is 13.2 Å². The molecule has 1 amide bonds. The molecule has 1 aliphatic heterocycles. The van der Waals surface area contributed by atoms with E-state index >= 15 is 0 Å². The lowest BCUT2D eigenvalue weighted by Gasteiger charge is -2.31. The standard InChI is InChI=1S/C16H20ClN3O3S2/c1-2-4-15(24)18-19-16(21)12-5-3-10-20(11-12)25(22,23)14-8-6-13(17)7-9-14/h2,6-9,12H,1,3-5,10-11H2,(H,18,24)(H,19,21). The molecule has 136 valence electrons. The van der Waals surface area contributed by atoms with Gasteiger partial charge in [-0.15, -0.1) is 6.58 Å². The first-order chi connectivity index (χ1) is 11.8. The summed E-state index contributed by atoms with van der Waals surface area (Å²) >= 11 is 10.8. The molecule has 6 nitrogen and oxygen atoms in total. The van der Waals surface area contributed by atoms with E-state index in [0.717, 1.165) is 0 Å². The van der Waals surface area contributed by atoms with Crippen molar-refractivity contribution in [3.63, 3.8) is 0 Å². The molecule has 1 unspecified atom stereocenters. The summed E-state index contributed by atoms with van der Waals surface area (Å²) in [6, 6.07) is 6.01. The van der Waals surface area contributed by atoms with Gasteiger partial charge < -0.3 is 0 Å². The van der Waals surface area contributed by atoms with Gasteiger partial charge in [0.1, 0.15) is 0 Å². The Bertz CT molecular complexity index is 750. The third kappa shape index (κ3) is 5.24.